The lowest BCUT2D eigenvalue weighted by Gasteiger charge is -2.07. The fourth-order valence-electron chi connectivity index (χ4n) is 3.07. The average molecular weight is 431 g/mol. The zero-order chi connectivity index (χ0) is 21.6. The van der Waals surface area contributed by atoms with Gasteiger partial charge >= 0.3 is 5.69 Å². The van der Waals surface area contributed by atoms with Crippen LogP contribution in [0.2, 0.25) is 5.02 Å². The molecule has 0 radical (unpaired) electrons. The average Bonchev–Trinajstić information content (AvgIpc) is 3.25. The Hall–Kier alpha value is -3.77. The summed E-state index contributed by atoms with van der Waals surface area (Å²) < 4.78 is 42.8. The zero-order valence-electron chi connectivity index (χ0n) is 14.9. The van der Waals surface area contributed by atoms with Crippen LogP contribution < -0.4 is 5.69 Å². The number of aromatic amines is 1. The van der Waals surface area contributed by atoms with E-state index < -0.39 is 41.1 Å². The molecule has 1 aliphatic heterocycles. The van der Waals surface area contributed by atoms with Gasteiger partial charge in [-0.2, -0.15) is 5.26 Å². The van der Waals surface area contributed by atoms with E-state index >= 15 is 0 Å². The molecule has 10 heteroatoms. The summed E-state index contributed by atoms with van der Waals surface area (Å²) in [4.78, 5) is 18.6. The number of nitrogens with zero attached hydrogens (tertiary/aromatic N) is 3. The maximum atomic E-state index is 14.2. The van der Waals surface area contributed by atoms with Crippen molar-refractivity contribution >= 4 is 35.2 Å². The number of H-pyrrole nitrogens is 1. The van der Waals surface area contributed by atoms with Crippen LogP contribution in [0, 0.1) is 28.8 Å². The molecule has 30 heavy (non-hydrogen) atoms. The van der Waals surface area contributed by atoms with Gasteiger partial charge in [0.1, 0.15) is 17.5 Å². The predicted octanol–water partition coefficient (Wildman–Crippen LogP) is 4.13. The van der Waals surface area contributed by atoms with Gasteiger partial charge in [0.25, 0.3) is 0 Å². The van der Waals surface area contributed by atoms with Crippen LogP contribution in [0.25, 0.3) is 11.6 Å². The summed E-state index contributed by atoms with van der Waals surface area (Å²) in [6, 6.07) is 6.65. The first-order valence-electron chi connectivity index (χ1n) is 8.44. The van der Waals surface area contributed by atoms with Crippen molar-refractivity contribution in [3.8, 4) is 11.9 Å². The minimum absolute atomic E-state index is 0.0285. The minimum Gasteiger partial charge on any atom is -0.493 e. The molecule has 0 fully saturated rings. The monoisotopic (exact) mass is 430 g/mol. The van der Waals surface area contributed by atoms with E-state index in [0.717, 1.165) is 16.7 Å². The molecule has 150 valence electrons. The van der Waals surface area contributed by atoms with Crippen molar-refractivity contribution in [3.05, 3.63) is 79.6 Å². The van der Waals surface area contributed by atoms with Gasteiger partial charge in [-0.25, -0.2) is 18.0 Å². The Morgan fingerprint density at radius 3 is 2.70 bits per heavy atom. The van der Waals surface area contributed by atoms with Crippen LogP contribution in [0.4, 0.5) is 18.9 Å². The Bertz CT molecular complexity index is 1370. The van der Waals surface area contributed by atoms with Crippen molar-refractivity contribution in [3.63, 3.8) is 0 Å². The Morgan fingerprint density at radius 2 is 1.97 bits per heavy atom. The van der Waals surface area contributed by atoms with E-state index in [0.29, 0.717) is 11.1 Å². The molecule has 2 N–H and O–H groups in total. The second-order valence-electron chi connectivity index (χ2n) is 6.38. The van der Waals surface area contributed by atoms with Crippen molar-refractivity contribution in [1.29, 1.82) is 5.26 Å². The molecule has 0 amide bonds. The molecule has 0 atom stereocenters. The first-order chi connectivity index (χ1) is 14.3. The summed E-state index contributed by atoms with van der Waals surface area (Å²) in [6.45, 7) is -0.478. The molecule has 0 unspecified atom stereocenters. The molecule has 0 spiro atoms. The van der Waals surface area contributed by atoms with E-state index in [4.69, 9.17) is 16.9 Å². The first-order valence-corrected chi connectivity index (χ1v) is 8.82. The predicted molar refractivity (Wildman–Crippen MR) is 104 cm³/mol. The summed E-state index contributed by atoms with van der Waals surface area (Å²) >= 11 is 5.74. The van der Waals surface area contributed by atoms with Gasteiger partial charge in [-0.05, 0) is 18.2 Å². The van der Waals surface area contributed by atoms with Gasteiger partial charge in [-0.15, -0.1) is 0 Å². The normalized spacial score (nSPS) is 13.6. The maximum absolute atomic E-state index is 14.2. The van der Waals surface area contributed by atoms with Crippen molar-refractivity contribution in [2.45, 2.75) is 6.54 Å². The summed E-state index contributed by atoms with van der Waals surface area (Å²) in [5.74, 6) is -3.85. The second-order valence-corrected chi connectivity index (χ2v) is 6.79. The lowest BCUT2D eigenvalue weighted by Crippen LogP contribution is -2.18. The summed E-state index contributed by atoms with van der Waals surface area (Å²) in [6.07, 6.45) is 2.71. The van der Waals surface area contributed by atoms with Gasteiger partial charge in [0.15, 0.2) is 17.5 Å². The molecule has 2 aromatic carbocycles. The van der Waals surface area contributed by atoms with E-state index in [-0.39, 0.29) is 22.0 Å². The molecule has 3 aromatic rings. The minimum atomic E-state index is -1.33. The number of allylic oxidation sites excluding steroid dienone is 1. The number of halogens is 4. The third-order valence-electron chi connectivity index (χ3n) is 4.61. The van der Waals surface area contributed by atoms with E-state index in [1.807, 2.05) is 0 Å². The van der Waals surface area contributed by atoms with Crippen LogP contribution >= 0.6 is 11.6 Å². The van der Waals surface area contributed by atoms with E-state index in [1.165, 1.54) is 24.4 Å². The van der Waals surface area contributed by atoms with Crippen molar-refractivity contribution in [1.82, 2.24) is 9.55 Å². The number of nitrogens with one attached hydrogen (secondary N) is 1. The lowest BCUT2D eigenvalue weighted by atomic mass is 10.1. The standard InChI is InChI=1S/C20H10ClF3N4O2/c21-13-4-3-12-11(7-26-18(12)17(13)24)5-14-19(29)28(20(30)27-14)8-10-2-1-9(6-25)15(22)16(10)23/h1-5,7,29H,8H2,(H,27,30). The molecule has 0 saturated heterocycles. The molecule has 0 aliphatic carbocycles. The zero-order valence-corrected chi connectivity index (χ0v) is 15.6. The van der Waals surface area contributed by atoms with Crippen LogP contribution in [-0.4, -0.2) is 20.9 Å². The summed E-state index contributed by atoms with van der Waals surface area (Å²) in [7, 11) is 0. The van der Waals surface area contributed by atoms with Crippen LogP contribution in [0.5, 0.6) is 5.88 Å². The van der Waals surface area contributed by atoms with Crippen LogP contribution in [0.1, 0.15) is 22.4 Å². The number of aromatic hydroxyl groups is 1. The summed E-state index contributed by atoms with van der Waals surface area (Å²) in [5.41, 5.74) is -0.666. The molecule has 6 nitrogen and oxygen atoms in total. The lowest BCUT2D eigenvalue weighted by molar-refractivity contribution is 0.416. The fraction of sp³-hybridized carbons (Fsp3) is 0.0500. The van der Waals surface area contributed by atoms with E-state index in [2.05, 4.69) is 9.98 Å². The van der Waals surface area contributed by atoms with Gasteiger partial charge in [-0.1, -0.05) is 23.7 Å². The molecule has 0 saturated carbocycles. The van der Waals surface area contributed by atoms with E-state index in [1.54, 1.807) is 6.07 Å². The van der Waals surface area contributed by atoms with Gasteiger partial charge in [0.05, 0.1) is 17.1 Å². The molecular weight excluding hydrogens is 421 g/mol. The number of aliphatic imine (C=N–C) groups is 1. The number of hydrogen-bond acceptors (Lipinski definition) is 4. The van der Waals surface area contributed by atoms with Gasteiger partial charge < -0.3 is 10.1 Å². The number of hydrogen-bond donors (Lipinski definition) is 2. The van der Waals surface area contributed by atoms with Crippen LogP contribution in [0.15, 0.2) is 34.1 Å². The number of rotatable bonds is 3. The number of fused-ring (bicyclic) bond motifs is 1. The van der Waals surface area contributed by atoms with Crippen molar-refractivity contribution < 1.29 is 18.3 Å². The SMILES string of the molecule is N#Cc1ccc(Cn2c(O)c(C=C3C=Nc4c3ccc(Cl)c4F)[nH]c2=O)c(F)c1F. The quantitative estimate of drug-likeness (QED) is 0.654. The Morgan fingerprint density at radius 1 is 1.20 bits per heavy atom. The number of benzene rings is 2. The van der Waals surface area contributed by atoms with Crippen molar-refractivity contribution in [2.24, 2.45) is 4.99 Å². The molecule has 1 aromatic heterocycles. The molecule has 4 rings (SSSR count). The van der Waals surface area contributed by atoms with Crippen LogP contribution in [0.3, 0.4) is 0 Å². The van der Waals surface area contributed by atoms with Crippen LogP contribution in [-0.2, 0) is 6.54 Å². The number of aromatic nitrogens is 2. The molecular formula is C20H10ClF3N4O2. The van der Waals surface area contributed by atoms with E-state index in [9.17, 15) is 23.1 Å². The fourth-order valence-corrected chi connectivity index (χ4v) is 3.22. The Balaban J connectivity index is 1.72. The number of nitriles is 1. The second kappa shape index (κ2) is 7.24. The third kappa shape index (κ3) is 3.07. The Labute approximate surface area is 171 Å². The van der Waals surface area contributed by atoms with Gasteiger partial charge in [0.2, 0.25) is 5.88 Å². The topological polar surface area (TPSA) is 94.2 Å². The summed E-state index contributed by atoms with van der Waals surface area (Å²) in [5, 5.41) is 19.1. The third-order valence-corrected chi connectivity index (χ3v) is 4.90. The highest BCUT2D eigenvalue weighted by atomic mass is 35.5. The number of imidazole rings is 1. The largest absolute Gasteiger partial charge is 0.493 e. The smallest absolute Gasteiger partial charge is 0.329 e. The Kier molecular flexibility index (Phi) is 4.72. The molecule has 2 heterocycles. The highest BCUT2D eigenvalue weighted by molar-refractivity contribution is 6.31. The highest BCUT2D eigenvalue weighted by Gasteiger charge is 2.21. The molecule has 1 aliphatic rings. The highest BCUT2D eigenvalue weighted by Crippen LogP contribution is 2.38. The molecule has 0 bridgehead atoms. The maximum Gasteiger partial charge on any atom is 0.329 e. The van der Waals surface area contributed by atoms with Crippen molar-refractivity contribution in [2.75, 3.05) is 0 Å². The van der Waals surface area contributed by atoms with Gasteiger partial charge in [-0.3, -0.25) is 9.56 Å². The van der Waals surface area contributed by atoms with Gasteiger partial charge in [0, 0.05) is 22.9 Å². The first kappa shape index (κ1) is 19.5.